The maximum Gasteiger partial charge on any atom is 0.254 e. The second-order valence-electron chi connectivity index (χ2n) is 4.43. The predicted molar refractivity (Wildman–Crippen MR) is 71.7 cm³/mol. The SMILES string of the molecule is CC1(CNC(=O)c2cccnc2Cl)CCCS1. The number of hydrogen-bond acceptors (Lipinski definition) is 3. The van der Waals surface area contributed by atoms with E-state index in [0.29, 0.717) is 12.1 Å². The summed E-state index contributed by atoms with van der Waals surface area (Å²) in [5, 5.41) is 3.20. The van der Waals surface area contributed by atoms with Crippen LogP contribution in [0.4, 0.5) is 0 Å². The van der Waals surface area contributed by atoms with E-state index in [1.165, 1.54) is 12.2 Å². The average molecular weight is 271 g/mol. The molecule has 17 heavy (non-hydrogen) atoms. The topological polar surface area (TPSA) is 42.0 Å². The van der Waals surface area contributed by atoms with E-state index in [0.717, 1.165) is 6.42 Å². The lowest BCUT2D eigenvalue weighted by Crippen LogP contribution is -2.36. The van der Waals surface area contributed by atoms with Crippen LogP contribution in [0, 0.1) is 0 Å². The molecule has 1 fully saturated rings. The fraction of sp³-hybridized carbons (Fsp3) is 0.500. The van der Waals surface area contributed by atoms with Gasteiger partial charge in [-0.3, -0.25) is 4.79 Å². The van der Waals surface area contributed by atoms with Crippen LogP contribution in [0.25, 0.3) is 0 Å². The Hall–Kier alpha value is -0.740. The number of amides is 1. The summed E-state index contributed by atoms with van der Waals surface area (Å²) in [6.45, 7) is 2.87. The highest BCUT2D eigenvalue weighted by Gasteiger charge is 2.29. The van der Waals surface area contributed by atoms with Gasteiger partial charge in [-0.05, 0) is 37.7 Å². The van der Waals surface area contributed by atoms with Gasteiger partial charge < -0.3 is 5.32 Å². The van der Waals surface area contributed by atoms with Crippen LogP contribution in [0.3, 0.4) is 0 Å². The number of carbonyl (C=O) groups excluding carboxylic acids is 1. The molecule has 1 aromatic heterocycles. The van der Waals surface area contributed by atoms with Gasteiger partial charge in [-0.1, -0.05) is 11.6 Å². The second kappa shape index (κ2) is 5.27. The van der Waals surface area contributed by atoms with Gasteiger partial charge in [0.15, 0.2) is 0 Å². The van der Waals surface area contributed by atoms with Gasteiger partial charge in [0.25, 0.3) is 5.91 Å². The van der Waals surface area contributed by atoms with Gasteiger partial charge in [-0.25, -0.2) is 4.98 Å². The molecule has 1 aliphatic heterocycles. The van der Waals surface area contributed by atoms with Crippen molar-refractivity contribution in [2.24, 2.45) is 0 Å². The Labute approximate surface area is 110 Å². The molecule has 1 aromatic rings. The first-order chi connectivity index (χ1) is 8.11. The van der Waals surface area contributed by atoms with Crippen LogP contribution in [-0.2, 0) is 0 Å². The van der Waals surface area contributed by atoms with Crippen LogP contribution in [0.5, 0.6) is 0 Å². The van der Waals surface area contributed by atoms with E-state index >= 15 is 0 Å². The zero-order chi connectivity index (χ0) is 12.3. The van der Waals surface area contributed by atoms with E-state index in [1.807, 2.05) is 11.8 Å². The summed E-state index contributed by atoms with van der Waals surface area (Å²) in [4.78, 5) is 15.8. The van der Waals surface area contributed by atoms with E-state index in [-0.39, 0.29) is 15.8 Å². The van der Waals surface area contributed by atoms with Crippen molar-refractivity contribution in [2.45, 2.75) is 24.5 Å². The first-order valence-electron chi connectivity index (χ1n) is 5.63. The van der Waals surface area contributed by atoms with Crippen LogP contribution in [-0.4, -0.2) is 27.9 Å². The van der Waals surface area contributed by atoms with Crippen molar-refractivity contribution in [3.8, 4) is 0 Å². The van der Waals surface area contributed by atoms with Crippen molar-refractivity contribution < 1.29 is 4.79 Å². The maximum absolute atomic E-state index is 11.9. The second-order valence-corrected chi connectivity index (χ2v) is 6.47. The number of nitrogens with zero attached hydrogens (tertiary/aromatic N) is 1. The summed E-state index contributed by atoms with van der Waals surface area (Å²) in [5.74, 6) is 1.04. The smallest absolute Gasteiger partial charge is 0.254 e. The van der Waals surface area contributed by atoms with Crippen LogP contribution in [0.15, 0.2) is 18.3 Å². The van der Waals surface area contributed by atoms with Gasteiger partial charge in [0, 0.05) is 17.5 Å². The third-order valence-electron chi connectivity index (χ3n) is 2.93. The molecule has 92 valence electrons. The Morgan fingerprint density at radius 2 is 2.53 bits per heavy atom. The third-order valence-corrected chi connectivity index (χ3v) is 4.77. The molecule has 1 saturated heterocycles. The van der Waals surface area contributed by atoms with Crippen molar-refractivity contribution in [3.05, 3.63) is 29.0 Å². The van der Waals surface area contributed by atoms with Crippen LogP contribution in [0.2, 0.25) is 5.15 Å². The van der Waals surface area contributed by atoms with Gasteiger partial charge in [-0.2, -0.15) is 11.8 Å². The molecule has 5 heteroatoms. The highest BCUT2D eigenvalue weighted by molar-refractivity contribution is 8.00. The fourth-order valence-corrected chi connectivity index (χ4v) is 3.34. The number of nitrogens with one attached hydrogen (secondary N) is 1. The number of carbonyl (C=O) groups is 1. The van der Waals surface area contributed by atoms with Crippen molar-refractivity contribution >= 4 is 29.3 Å². The molecule has 0 bridgehead atoms. The molecule has 0 spiro atoms. The molecule has 0 radical (unpaired) electrons. The predicted octanol–water partition coefficient (Wildman–Crippen LogP) is 2.75. The Morgan fingerprint density at radius 3 is 3.18 bits per heavy atom. The van der Waals surface area contributed by atoms with Gasteiger partial charge in [0.05, 0.1) is 5.56 Å². The van der Waals surface area contributed by atoms with E-state index in [9.17, 15) is 4.79 Å². The van der Waals surface area contributed by atoms with E-state index < -0.39 is 0 Å². The molecule has 1 amide bonds. The maximum atomic E-state index is 11.9. The Morgan fingerprint density at radius 1 is 1.71 bits per heavy atom. The molecule has 2 rings (SSSR count). The third kappa shape index (κ3) is 3.13. The number of halogens is 1. The standard InChI is InChI=1S/C12H15ClN2OS/c1-12(5-3-7-17-12)8-15-11(16)9-4-2-6-14-10(9)13/h2,4,6H,3,5,7-8H2,1H3,(H,15,16). The minimum absolute atomic E-state index is 0.142. The average Bonchev–Trinajstić information content (AvgIpc) is 2.74. The molecule has 1 atom stereocenters. The van der Waals surface area contributed by atoms with Crippen molar-refractivity contribution in [2.75, 3.05) is 12.3 Å². The lowest BCUT2D eigenvalue weighted by Gasteiger charge is -2.22. The molecular weight excluding hydrogens is 256 g/mol. The molecule has 2 heterocycles. The summed E-state index contributed by atoms with van der Waals surface area (Å²) in [7, 11) is 0. The van der Waals surface area contributed by atoms with E-state index in [2.05, 4.69) is 17.2 Å². The van der Waals surface area contributed by atoms with Crippen molar-refractivity contribution in [1.29, 1.82) is 0 Å². The number of aromatic nitrogens is 1. The van der Waals surface area contributed by atoms with Gasteiger partial charge in [0.1, 0.15) is 5.15 Å². The minimum Gasteiger partial charge on any atom is -0.351 e. The zero-order valence-corrected chi connectivity index (χ0v) is 11.3. The molecule has 1 aliphatic rings. The van der Waals surface area contributed by atoms with Gasteiger partial charge in [-0.15, -0.1) is 0 Å². The summed E-state index contributed by atoms with van der Waals surface area (Å²) in [5.41, 5.74) is 0.445. The summed E-state index contributed by atoms with van der Waals surface area (Å²) in [6.07, 6.45) is 3.96. The Balaban J connectivity index is 1.96. The number of hydrogen-bond donors (Lipinski definition) is 1. The lowest BCUT2D eigenvalue weighted by atomic mass is 10.1. The highest BCUT2D eigenvalue weighted by Crippen LogP contribution is 2.37. The molecule has 0 saturated carbocycles. The largest absolute Gasteiger partial charge is 0.351 e. The van der Waals surface area contributed by atoms with Crippen LogP contribution in [0.1, 0.15) is 30.1 Å². The van der Waals surface area contributed by atoms with E-state index in [1.54, 1.807) is 18.3 Å². The Bertz CT molecular complexity index is 419. The van der Waals surface area contributed by atoms with Crippen molar-refractivity contribution in [3.63, 3.8) is 0 Å². The van der Waals surface area contributed by atoms with Crippen LogP contribution < -0.4 is 5.32 Å². The Kier molecular flexibility index (Phi) is 3.94. The quantitative estimate of drug-likeness (QED) is 0.859. The first kappa shape index (κ1) is 12.7. The van der Waals surface area contributed by atoms with E-state index in [4.69, 9.17) is 11.6 Å². The molecule has 0 aromatic carbocycles. The normalized spacial score (nSPS) is 23.6. The van der Waals surface area contributed by atoms with Gasteiger partial charge >= 0.3 is 0 Å². The fourth-order valence-electron chi connectivity index (χ4n) is 1.89. The lowest BCUT2D eigenvalue weighted by molar-refractivity contribution is 0.0950. The molecule has 1 unspecified atom stereocenters. The minimum atomic E-state index is -0.142. The highest BCUT2D eigenvalue weighted by atomic mass is 35.5. The summed E-state index contributed by atoms with van der Waals surface area (Å²) in [6, 6.07) is 3.40. The molecule has 1 N–H and O–H groups in total. The summed E-state index contributed by atoms with van der Waals surface area (Å²) >= 11 is 7.79. The van der Waals surface area contributed by atoms with Crippen molar-refractivity contribution in [1.82, 2.24) is 10.3 Å². The van der Waals surface area contributed by atoms with Gasteiger partial charge in [0.2, 0.25) is 0 Å². The first-order valence-corrected chi connectivity index (χ1v) is 7.00. The monoisotopic (exact) mass is 270 g/mol. The number of rotatable bonds is 3. The summed E-state index contributed by atoms with van der Waals surface area (Å²) < 4.78 is 0.171. The number of pyridine rings is 1. The number of thioether (sulfide) groups is 1. The molecule has 0 aliphatic carbocycles. The van der Waals surface area contributed by atoms with Crippen LogP contribution >= 0.6 is 23.4 Å². The zero-order valence-electron chi connectivity index (χ0n) is 9.70. The molecular formula is C12H15ClN2OS. The molecule has 3 nitrogen and oxygen atoms in total.